The van der Waals surface area contributed by atoms with Crippen molar-refractivity contribution in [2.75, 3.05) is 6.61 Å². The fourth-order valence-electron chi connectivity index (χ4n) is 0.383. The van der Waals surface area contributed by atoms with E-state index in [1.54, 1.807) is 6.92 Å². The number of carbonyl (C=O) groups excluding carboxylic acids is 1. The average Bonchev–Trinajstić information content (AvgIpc) is 1.87. The van der Waals surface area contributed by atoms with E-state index < -0.39 is 10.8 Å². The summed E-state index contributed by atoms with van der Waals surface area (Å²) in [5.74, 6) is -0.531. The second-order valence-electron chi connectivity index (χ2n) is 1.70. The van der Waals surface area contributed by atoms with Gasteiger partial charge in [0.05, 0.1) is 6.61 Å². The molecule has 0 amide bonds. The molecule has 11 heavy (non-hydrogen) atoms. The molecule has 0 aromatic rings. The van der Waals surface area contributed by atoms with Crippen molar-refractivity contribution >= 4 is 29.2 Å². The minimum Gasteiger partial charge on any atom is -0.463 e. The maximum absolute atomic E-state index is 10.7. The predicted molar refractivity (Wildman–Crippen MR) is 44.4 cm³/mol. The predicted octanol–water partition coefficient (Wildman–Crippen LogP) is 1.20. The number of alkyl halides is 2. The van der Waals surface area contributed by atoms with Gasteiger partial charge in [-0.2, -0.15) is 0 Å². The lowest BCUT2D eigenvalue weighted by molar-refractivity contribution is -0.137. The van der Waals surface area contributed by atoms with Crippen LogP contribution in [-0.2, 0) is 9.53 Å². The van der Waals surface area contributed by atoms with Gasteiger partial charge in [-0.1, -0.05) is 23.2 Å². The quantitative estimate of drug-likeness (QED) is 0.421. The van der Waals surface area contributed by atoms with Crippen molar-refractivity contribution in [2.24, 2.45) is 5.73 Å². The lowest BCUT2D eigenvalue weighted by Gasteiger charge is -2.00. The highest BCUT2D eigenvalue weighted by atomic mass is 35.5. The number of nitrogens with two attached hydrogens (primary N) is 1. The molecule has 0 heterocycles. The number of rotatable bonds is 3. The molecule has 0 spiro atoms. The molecular weight excluding hydrogens is 189 g/mol. The molecule has 64 valence electrons. The zero-order valence-electron chi connectivity index (χ0n) is 6.01. The molecule has 0 aliphatic carbocycles. The molecule has 0 rings (SSSR count). The topological polar surface area (TPSA) is 52.3 Å². The molecule has 0 bridgehead atoms. The minimum atomic E-state index is -0.862. The van der Waals surface area contributed by atoms with Crippen LogP contribution in [0.1, 0.15) is 6.92 Å². The molecule has 0 aliphatic heterocycles. The lowest BCUT2D eigenvalue weighted by Crippen LogP contribution is -2.10. The molecule has 0 saturated heterocycles. The van der Waals surface area contributed by atoms with E-state index in [2.05, 4.69) is 4.74 Å². The van der Waals surface area contributed by atoms with E-state index in [-0.39, 0.29) is 5.70 Å². The van der Waals surface area contributed by atoms with Crippen LogP contribution in [0.15, 0.2) is 11.8 Å². The van der Waals surface area contributed by atoms with Crippen LogP contribution in [-0.4, -0.2) is 17.4 Å². The Morgan fingerprint density at radius 1 is 1.73 bits per heavy atom. The summed E-state index contributed by atoms with van der Waals surface area (Å²) in [6, 6.07) is 0. The van der Waals surface area contributed by atoms with Gasteiger partial charge in [-0.15, -0.1) is 0 Å². The first-order chi connectivity index (χ1) is 5.07. The second-order valence-corrected chi connectivity index (χ2v) is 2.79. The molecule has 0 unspecified atom stereocenters. The van der Waals surface area contributed by atoms with Crippen molar-refractivity contribution in [2.45, 2.75) is 11.8 Å². The van der Waals surface area contributed by atoms with Gasteiger partial charge in [-0.05, 0) is 6.92 Å². The van der Waals surface area contributed by atoms with Crippen LogP contribution >= 0.6 is 23.2 Å². The Bertz CT molecular complexity index is 168. The van der Waals surface area contributed by atoms with Crippen molar-refractivity contribution in [3.8, 4) is 0 Å². The summed E-state index contributed by atoms with van der Waals surface area (Å²) in [6.45, 7) is 2.00. The third-order valence-corrected chi connectivity index (χ3v) is 1.33. The van der Waals surface area contributed by atoms with Crippen molar-refractivity contribution in [3.63, 3.8) is 0 Å². The maximum atomic E-state index is 10.7. The van der Waals surface area contributed by atoms with E-state index >= 15 is 0 Å². The van der Waals surface area contributed by atoms with E-state index in [1.165, 1.54) is 0 Å². The number of esters is 1. The second kappa shape index (κ2) is 5.27. The SMILES string of the molecule is CCOC(=O)/C=C(\N)C(Cl)Cl. The lowest BCUT2D eigenvalue weighted by atomic mass is 10.4. The smallest absolute Gasteiger partial charge is 0.332 e. The van der Waals surface area contributed by atoms with Crippen molar-refractivity contribution in [1.82, 2.24) is 0 Å². The third-order valence-electron chi connectivity index (χ3n) is 0.823. The molecular formula is C6H9Cl2NO2. The number of hydrogen-bond donors (Lipinski definition) is 1. The van der Waals surface area contributed by atoms with Gasteiger partial charge < -0.3 is 10.5 Å². The maximum Gasteiger partial charge on any atom is 0.332 e. The summed E-state index contributed by atoms with van der Waals surface area (Å²) in [7, 11) is 0. The van der Waals surface area contributed by atoms with Crippen LogP contribution in [0.5, 0.6) is 0 Å². The van der Waals surface area contributed by atoms with Crippen LogP contribution < -0.4 is 5.73 Å². The molecule has 0 aliphatic rings. The Morgan fingerprint density at radius 2 is 2.27 bits per heavy atom. The monoisotopic (exact) mass is 197 g/mol. The Balaban J connectivity index is 3.97. The highest BCUT2D eigenvalue weighted by Gasteiger charge is 2.05. The number of carbonyl (C=O) groups is 1. The summed E-state index contributed by atoms with van der Waals surface area (Å²) in [5, 5.41) is 0. The first kappa shape index (κ1) is 10.6. The summed E-state index contributed by atoms with van der Waals surface area (Å²) in [4.78, 5) is 9.80. The largest absolute Gasteiger partial charge is 0.463 e. The zero-order valence-corrected chi connectivity index (χ0v) is 7.52. The van der Waals surface area contributed by atoms with Crippen molar-refractivity contribution in [3.05, 3.63) is 11.8 Å². The Labute approximate surface area is 75.1 Å². The number of halogens is 2. The van der Waals surface area contributed by atoms with Gasteiger partial charge in [0.2, 0.25) is 0 Å². The molecule has 0 aromatic heterocycles. The highest BCUT2D eigenvalue weighted by molar-refractivity contribution is 6.46. The summed E-state index contributed by atoms with van der Waals surface area (Å²) in [6.07, 6.45) is 1.06. The molecule has 5 heteroatoms. The fraction of sp³-hybridized carbons (Fsp3) is 0.500. The van der Waals surface area contributed by atoms with Gasteiger partial charge in [0.25, 0.3) is 0 Å². The molecule has 0 radical (unpaired) electrons. The summed E-state index contributed by atoms with van der Waals surface area (Å²) < 4.78 is 4.55. The molecule has 0 aromatic carbocycles. The summed E-state index contributed by atoms with van der Waals surface area (Å²) in [5.41, 5.74) is 5.33. The van der Waals surface area contributed by atoms with Gasteiger partial charge in [-0.3, -0.25) is 0 Å². The van der Waals surface area contributed by atoms with E-state index in [0.29, 0.717) is 6.61 Å². The molecule has 0 atom stereocenters. The Hall–Kier alpha value is -0.410. The third kappa shape index (κ3) is 4.93. The van der Waals surface area contributed by atoms with Gasteiger partial charge in [-0.25, -0.2) is 4.79 Å². The van der Waals surface area contributed by atoms with Crippen LogP contribution in [0.2, 0.25) is 0 Å². The van der Waals surface area contributed by atoms with E-state index in [1.807, 2.05) is 0 Å². The standard InChI is InChI=1S/C6H9Cl2NO2/c1-2-11-5(10)3-4(9)6(7)8/h3,6H,2,9H2,1H3/b4-3-. The Kier molecular flexibility index (Phi) is 5.07. The zero-order chi connectivity index (χ0) is 8.85. The number of hydrogen-bond acceptors (Lipinski definition) is 3. The molecule has 3 nitrogen and oxygen atoms in total. The highest BCUT2D eigenvalue weighted by Crippen LogP contribution is 2.08. The van der Waals surface area contributed by atoms with Gasteiger partial charge in [0, 0.05) is 11.8 Å². The number of allylic oxidation sites excluding steroid dienone is 1. The average molecular weight is 198 g/mol. The normalized spacial score (nSPS) is 11.8. The molecule has 2 N–H and O–H groups in total. The Morgan fingerprint density at radius 3 is 2.64 bits per heavy atom. The number of ether oxygens (including phenoxy) is 1. The van der Waals surface area contributed by atoms with Crippen LogP contribution in [0, 0.1) is 0 Å². The van der Waals surface area contributed by atoms with Gasteiger partial charge >= 0.3 is 5.97 Å². The van der Waals surface area contributed by atoms with Gasteiger partial charge in [0.1, 0.15) is 4.84 Å². The molecule has 0 fully saturated rings. The molecule has 0 saturated carbocycles. The van der Waals surface area contributed by atoms with E-state index in [0.717, 1.165) is 6.08 Å². The first-order valence-corrected chi connectivity index (χ1v) is 3.87. The van der Waals surface area contributed by atoms with Gasteiger partial charge in [0.15, 0.2) is 0 Å². The van der Waals surface area contributed by atoms with Crippen LogP contribution in [0.25, 0.3) is 0 Å². The fourth-order valence-corrected chi connectivity index (χ4v) is 0.509. The first-order valence-electron chi connectivity index (χ1n) is 3.00. The minimum absolute atomic E-state index is 0.0896. The van der Waals surface area contributed by atoms with E-state index in [4.69, 9.17) is 28.9 Å². The van der Waals surface area contributed by atoms with Crippen molar-refractivity contribution < 1.29 is 9.53 Å². The van der Waals surface area contributed by atoms with Crippen molar-refractivity contribution in [1.29, 1.82) is 0 Å². The van der Waals surface area contributed by atoms with Crippen LogP contribution in [0.3, 0.4) is 0 Å². The summed E-state index contributed by atoms with van der Waals surface area (Å²) >= 11 is 10.7. The van der Waals surface area contributed by atoms with Crippen LogP contribution in [0.4, 0.5) is 0 Å². The van der Waals surface area contributed by atoms with E-state index in [9.17, 15) is 4.79 Å².